The maximum atomic E-state index is 13.0. The zero-order valence-corrected chi connectivity index (χ0v) is 20.2. The molecule has 1 aromatic carbocycles. The minimum absolute atomic E-state index is 0.109. The molecule has 1 unspecified atom stereocenters. The van der Waals surface area contributed by atoms with Crippen LogP contribution in [-0.4, -0.2) is 61.2 Å². The molecule has 0 bridgehead atoms. The first kappa shape index (κ1) is 22.8. The molecule has 0 aliphatic carbocycles. The SMILES string of the molecule is CC1CCCN(Cc2ccc(NC(=O)c3sccc3S(=O)(=O)N3CCSCC3)cc2)C1. The van der Waals surface area contributed by atoms with Crippen LogP contribution in [0.25, 0.3) is 0 Å². The van der Waals surface area contributed by atoms with Crippen LogP contribution in [0, 0.1) is 5.92 Å². The third-order valence-electron chi connectivity index (χ3n) is 5.78. The van der Waals surface area contributed by atoms with Crippen molar-refractivity contribution in [1.82, 2.24) is 9.21 Å². The van der Waals surface area contributed by atoms with Gasteiger partial charge in [0.05, 0.1) is 0 Å². The first-order valence-corrected chi connectivity index (χ1v) is 14.2. The summed E-state index contributed by atoms with van der Waals surface area (Å²) in [5, 5.41) is 4.54. The molecule has 1 aromatic heterocycles. The van der Waals surface area contributed by atoms with E-state index >= 15 is 0 Å². The summed E-state index contributed by atoms with van der Waals surface area (Å²) in [6, 6.07) is 9.40. The molecule has 2 aliphatic rings. The van der Waals surface area contributed by atoms with Gasteiger partial charge < -0.3 is 5.32 Å². The molecule has 1 N–H and O–H groups in total. The van der Waals surface area contributed by atoms with Crippen LogP contribution in [0.1, 0.15) is 35.0 Å². The summed E-state index contributed by atoms with van der Waals surface area (Å²) < 4.78 is 27.5. The number of amides is 1. The highest BCUT2D eigenvalue weighted by Crippen LogP contribution is 2.28. The van der Waals surface area contributed by atoms with Crippen molar-refractivity contribution in [3.63, 3.8) is 0 Å². The first-order chi connectivity index (χ1) is 14.9. The number of hydrogen-bond donors (Lipinski definition) is 1. The van der Waals surface area contributed by atoms with Gasteiger partial charge in [-0.1, -0.05) is 19.1 Å². The predicted octanol–water partition coefficient (Wildman–Crippen LogP) is 3.97. The van der Waals surface area contributed by atoms with Crippen molar-refractivity contribution in [2.24, 2.45) is 5.92 Å². The lowest BCUT2D eigenvalue weighted by atomic mass is 10.00. The number of hydrogen-bond acceptors (Lipinski definition) is 6. The summed E-state index contributed by atoms with van der Waals surface area (Å²) in [6.45, 7) is 6.45. The standard InChI is InChI=1S/C22H29N3O3S3/c1-17-3-2-9-24(15-17)16-18-4-6-19(7-5-18)23-22(26)21-20(8-12-30-21)31(27,28)25-10-13-29-14-11-25/h4-8,12,17H,2-3,9-11,13-16H2,1H3,(H,23,26). The summed E-state index contributed by atoms with van der Waals surface area (Å²) in [5.74, 6) is 1.94. The number of thioether (sulfide) groups is 1. The fraction of sp³-hybridized carbons (Fsp3) is 0.500. The van der Waals surface area contributed by atoms with E-state index in [1.165, 1.54) is 22.7 Å². The van der Waals surface area contributed by atoms with Crippen molar-refractivity contribution in [2.45, 2.75) is 31.2 Å². The average molecular weight is 480 g/mol. The number of likely N-dealkylation sites (tertiary alicyclic amines) is 1. The highest BCUT2D eigenvalue weighted by Gasteiger charge is 2.31. The van der Waals surface area contributed by atoms with Gasteiger partial charge in [0.15, 0.2) is 0 Å². The summed E-state index contributed by atoms with van der Waals surface area (Å²) in [6.07, 6.45) is 2.55. The van der Waals surface area contributed by atoms with Gasteiger partial charge in [-0.05, 0) is 54.4 Å². The van der Waals surface area contributed by atoms with Crippen LogP contribution in [0.4, 0.5) is 5.69 Å². The minimum Gasteiger partial charge on any atom is -0.321 e. The molecule has 3 heterocycles. The normalized spacial score (nSPS) is 21.1. The fourth-order valence-corrected chi connectivity index (χ4v) is 8.03. The molecule has 0 radical (unpaired) electrons. The number of benzene rings is 1. The highest BCUT2D eigenvalue weighted by molar-refractivity contribution is 7.99. The molecule has 1 atom stereocenters. The number of thiophene rings is 1. The van der Waals surface area contributed by atoms with E-state index in [9.17, 15) is 13.2 Å². The Kier molecular flexibility index (Phi) is 7.38. The fourth-order valence-electron chi connectivity index (χ4n) is 4.16. The number of rotatable bonds is 6. The van der Waals surface area contributed by atoms with E-state index in [1.807, 2.05) is 24.3 Å². The van der Waals surface area contributed by atoms with Gasteiger partial charge in [0.2, 0.25) is 10.0 Å². The molecule has 31 heavy (non-hydrogen) atoms. The van der Waals surface area contributed by atoms with Gasteiger partial charge in [0.25, 0.3) is 5.91 Å². The van der Waals surface area contributed by atoms with Crippen LogP contribution < -0.4 is 5.32 Å². The zero-order chi connectivity index (χ0) is 21.8. The summed E-state index contributed by atoms with van der Waals surface area (Å²) in [4.78, 5) is 15.7. The molecular formula is C22H29N3O3S3. The number of nitrogens with zero attached hydrogens (tertiary/aromatic N) is 2. The molecule has 2 fully saturated rings. The second-order valence-electron chi connectivity index (χ2n) is 8.26. The Bertz CT molecular complexity index is 999. The van der Waals surface area contributed by atoms with Crippen molar-refractivity contribution < 1.29 is 13.2 Å². The van der Waals surface area contributed by atoms with Crippen molar-refractivity contribution in [3.05, 3.63) is 46.2 Å². The van der Waals surface area contributed by atoms with Crippen molar-refractivity contribution in [3.8, 4) is 0 Å². The second-order valence-corrected chi connectivity index (χ2v) is 12.3. The summed E-state index contributed by atoms with van der Waals surface area (Å²) in [5.41, 5.74) is 1.89. The minimum atomic E-state index is -3.65. The Hall–Kier alpha value is -1.39. The van der Waals surface area contributed by atoms with E-state index in [2.05, 4.69) is 17.1 Å². The van der Waals surface area contributed by atoms with E-state index in [4.69, 9.17) is 0 Å². The van der Waals surface area contributed by atoms with Gasteiger partial charge in [-0.15, -0.1) is 11.3 Å². The molecule has 2 aliphatic heterocycles. The Morgan fingerprint density at radius 3 is 2.58 bits per heavy atom. The maximum absolute atomic E-state index is 13.0. The van der Waals surface area contributed by atoms with E-state index in [-0.39, 0.29) is 15.7 Å². The molecule has 6 nitrogen and oxygen atoms in total. The number of sulfonamides is 1. The van der Waals surface area contributed by atoms with Gasteiger partial charge in [0, 0.05) is 43.4 Å². The lowest BCUT2D eigenvalue weighted by Crippen LogP contribution is -2.38. The Balaban J connectivity index is 1.41. The van der Waals surface area contributed by atoms with Crippen molar-refractivity contribution in [2.75, 3.05) is 43.0 Å². The predicted molar refractivity (Wildman–Crippen MR) is 128 cm³/mol. The largest absolute Gasteiger partial charge is 0.321 e. The summed E-state index contributed by atoms with van der Waals surface area (Å²) in [7, 11) is -3.65. The van der Waals surface area contributed by atoms with E-state index in [0.29, 0.717) is 18.8 Å². The molecule has 1 amide bonds. The number of nitrogens with one attached hydrogen (secondary N) is 1. The summed E-state index contributed by atoms with van der Waals surface area (Å²) >= 11 is 2.92. The third-order valence-corrected chi connectivity index (χ3v) is 9.71. The Morgan fingerprint density at radius 2 is 1.87 bits per heavy atom. The van der Waals surface area contributed by atoms with Crippen LogP contribution in [0.5, 0.6) is 0 Å². The topological polar surface area (TPSA) is 69.7 Å². The van der Waals surface area contributed by atoms with Crippen LogP contribution in [0.15, 0.2) is 40.6 Å². The lowest BCUT2D eigenvalue weighted by molar-refractivity contribution is 0.102. The number of anilines is 1. The third kappa shape index (κ3) is 5.51. The molecule has 2 saturated heterocycles. The number of carbonyl (C=O) groups excluding carboxylic acids is 1. The van der Waals surface area contributed by atoms with Crippen molar-refractivity contribution >= 4 is 44.7 Å². The van der Waals surface area contributed by atoms with E-state index < -0.39 is 10.0 Å². The number of carbonyl (C=O) groups is 1. The molecule has 2 aromatic rings. The van der Waals surface area contributed by atoms with Crippen LogP contribution in [-0.2, 0) is 16.6 Å². The van der Waals surface area contributed by atoms with Crippen LogP contribution in [0.3, 0.4) is 0 Å². The quantitative estimate of drug-likeness (QED) is 0.679. The maximum Gasteiger partial charge on any atom is 0.267 e. The van der Waals surface area contributed by atoms with Gasteiger partial charge in [0.1, 0.15) is 9.77 Å². The average Bonchev–Trinajstić information content (AvgIpc) is 3.27. The van der Waals surface area contributed by atoms with Gasteiger partial charge in [-0.3, -0.25) is 9.69 Å². The molecule has 9 heteroatoms. The first-order valence-electron chi connectivity index (χ1n) is 10.7. The molecule has 0 spiro atoms. The molecule has 0 saturated carbocycles. The number of piperidine rings is 1. The van der Waals surface area contributed by atoms with Crippen LogP contribution >= 0.6 is 23.1 Å². The van der Waals surface area contributed by atoms with Gasteiger partial charge in [-0.25, -0.2) is 8.42 Å². The van der Waals surface area contributed by atoms with Gasteiger partial charge in [-0.2, -0.15) is 16.1 Å². The smallest absolute Gasteiger partial charge is 0.267 e. The Labute approximate surface area is 193 Å². The molecular weight excluding hydrogens is 450 g/mol. The second kappa shape index (κ2) is 10.0. The Morgan fingerprint density at radius 1 is 1.13 bits per heavy atom. The lowest BCUT2D eigenvalue weighted by Gasteiger charge is -2.30. The zero-order valence-electron chi connectivity index (χ0n) is 17.7. The monoisotopic (exact) mass is 479 g/mol. The molecule has 168 valence electrons. The van der Waals surface area contributed by atoms with Crippen molar-refractivity contribution in [1.29, 1.82) is 0 Å². The van der Waals surface area contributed by atoms with E-state index in [1.54, 1.807) is 23.2 Å². The van der Waals surface area contributed by atoms with Crippen LogP contribution in [0.2, 0.25) is 0 Å². The van der Waals surface area contributed by atoms with Gasteiger partial charge >= 0.3 is 0 Å². The van der Waals surface area contributed by atoms with E-state index in [0.717, 1.165) is 48.4 Å². The molecule has 4 rings (SSSR count). The highest BCUT2D eigenvalue weighted by atomic mass is 32.2.